The van der Waals surface area contributed by atoms with Crippen molar-refractivity contribution in [2.45, 2.75) is 20.0 Å². The van der Waals surface area contributed by atoms with Gasteiger partial charge in [-0.25, -0.2) is 0 Å². The van der Waals surface area contributed by atoms with Crippen LogP contribution in [-0.4, -0.2) is 38.8 Å². The molecule has 1 aliphatic rings. The van der Waals surface area contributed by atoms with E-state index >= 15 is 0 Å². The Morgan fingerprint density at radius 1 is 1.47 bits per heavy atom. The molecule has 2 N–H and O–H groups in total. The van der Waals surface area contributed by atoms with Crippen LogP contribution < -0.4 is 15.4 Å². The van der Waals surface area contributed by atoms with Crippen LogP contribution >= 0.6 is 0 Å². The van der Waals surface area contributed by atoms with Gasteiger partial charge in [0.1, 0.15) is 11.9 Å². The number of hydrogen-bond acceptors (Lipinski definition) is 4. The van der Waals surface area contributed by atoms with Crippen LogP contribution in [0, 0.1) is 13.8 Å². The lowest BCUT2D eigenvalue weighted by Crippen LogP contribution is -2.45. The summed E-state index contributed by atoms with van der Waals surface area (Å²) in [5.41, 5.74) is 2.75. The van der Waals surface area contributed by atoms with Gasteiger partial charge in [-0.3, -0.25) is 4.79 Å². The maximum Gasteiger partial charge on any atom is 0.254 e. The standard InChI is InChI=1S/C14H20N2O3/c1-9-4-5-11(10(2)13(9)18-3)16-14(17)12-8-15-6-7-19-12/h4-5,12,15H,6-8H2,1-3H3,(H,16,17). The molecular formula is C14H20N2O3. The SMILES string of the molecule is COc1c(C)ccc(NC(=O)C2CNCCO2)c1C. The summed E-state index contributed by atoms with van der Waals surface area (Å²) in [6.45, 7) is 5.82. The van der Waals surface area contributed by atoms with Gasteiger partial charge in [-0.15, -0.1) is 0 Å². The molecule has 1 aromatic rings. The second-order valence-electron chi connectivity index (χ2n) is 4.64. The van der Waals surface area contributed by atoms with Gasteiger partial charge in [0.05, 0.1) is 13.7 Å². The van der Waals surface area contributed by atoms with Crippen molar-refractivity contribution >= 4 is 11.6 Å². The van der Waals surface area contributed by atoms with Gasteiger partial charge in [0.2, 0.25) is 0 Å². The molecular weight excluding hydrogens is 244 g/mol. The molecule has 5 heteroatoms. The van der Waals surface area contributed by atoms with Gasteiger partial charge in [-0.1, -0.05) is 6.07 Å². The highest BCUT2D eigenvalue weighted by molar-refractivity contribution is 5.95. The Kier molecular flexibility index (Phi) is 4.39. The molecule has 1 amide bonds. The smallest absolute Gasteiger partial charge is 0.254 e. The summed E-state index contributed by atoms with van der Waals surface area (Å²) in [6, 6.07) is 3.82. The number of morpholine rings is 1. The molecule has 0 aliphatic carbocycles. The van der Waals surface area contributed by atoms with Crippen LogP contribution in [0.1, 0.15) is 11.1 Å². The molecule has 5 nitrogen and oxygen atoms in total. The molecule has 1 aliphatic heterocycles. The molecule has 1 fully saturated rings. The third-order valence-corrected chi connectivity index (χ3v) is 3.28. The number of rotatable bonds is 3. The van der Waals surface area contributed by atoms with Crippen molar-refractivity contribution in [3.05, 3.63) is 23.3 Å². The van der Waals surface area contributed by atoms with Crippen LogP contribution in [0.4, 0.5) is 5.69 Å². The molecule has 0 bridgehead atoms. The molecule has 0 radical (unpaired) electrons. The number of nitrogens with one attached hydrogen (secondary N) is 2. The highest BCUT2D eigenvalue weighted by atomic mass is 16.5. The average molecular weight is 264 g/mol. The molecule has 2 rings (SSSR count). The van der Waals surface area contributed by atoms with Crippen LogP contribution in [0.3, 0.4) is 0 Å². The van der Waals surface area contributed by atoms with E-state index in [0.29, 0.717) is 13.2 Å². The number of amides is 1. The van der Waals surface area contributed by atoms with Gasteiger partial charge in [0.15, 0.2) is 0 Å². The maximum absolute atomic E-state index is 12.1. The second kappa shape index (κ2) is 6.04. The fourth-order valence-corrected chi connectivity index (χ4v) is 2.22. The number of ether oxygens (including phenoxy) is 2. The average Bonchev–Trinajstić information content (AvgIpc) is 2.43. The molecule has 1 aromatic carbocycles. The molecule has 0 aromatic heterocycles. The van der Waals surface area contributed by atoms with Crippen LogP contribution in [0.2, 0.25) is 0 Å². The van der Waals surface area contributed by atoms with E-state index in [-0.39, 0.29) is 5.91 Å². The Labute approximate surface area is 113 Å². The van der Waals surface area contributed by atoms with Crippen molar-refractivity contribution in [3.8, 4) is 5.75 Å². The third kappa shape index (κ3) is 3.05. The maximum atomic E-state index is 12.1. The van der Waals surface area contributed by atoms with Crippen molar-refractivity contribution in [3.63, 3.8) is 0 Å². The quantitative estimate of drug-likeness (QED) is 0.862. The largest absolute Gasteiger partial charge is 0.496 e. The highest BCUT2D eigenvalue weighted by Crippen LogP contribution is 2.29. The number of methoxy groups -OCH3 is 1. The Balaban J connectivity index is 2.12. The minimum absolute atomic E-state index is 0.124. The predicted octanol–water partition coefficient (Wildman–Crippen LogP) is 1.24. The molecule has 104 valence electrons. The first kappa shape index (κ1) is 13.8. The normalized spacial score (nSPS) is 19.0. The summed E-state index contributed by atoms with van der Waals surface area (Å²) in [6.07, 6.45) is -0.430. The zero-order chi connectivity index (χ0) is 13.8. The highest BCUT2D eigenvalue weighted by Gasteiger charge is 2.22. The summed E-state index contributed by atoms with van der Waals surface area (Å²) in [5, 5.41) is 6.04. The summed E-state index contributed by atoms with van der Waals surface area (Å²) in [7, 11) is 1.63. The number of carbonyl (C=O) groups is 1. The van der Waals surface area contributed by atoms with Gasteiger partial charge in [0.25, 0.3) is 5.91 Å². The molecule has 1 saturated heterocycles. The van der Waals surface area contributed by atoms with E-state index in [1.54, 1.807) is 7.11 Å². The molecule has 1 unspecified atom stereocenters. The number of benzene rings is 1. The fraction of sp³-hybridized carbons (Fsp3) is 0.500. The monoisotopic (exact) mass is 264 g/mol. The van der Waals surface area contributed by atoms with E-state index in [0.717, 1.165) is 29.1 Å². The lowest BCUT2D eigenvalue weighted by molar-refractivity contribution is -0.128. The Morgan fingerprint density at radius 3 is 2.89 bits per heavy atom. The third-order valence-electron chi connectivity index (χ3n) is 3.28. The van der Waals surface area contributed by atoms with Crippen LogP contribution in [0.15, 0.2) is 12.1 Å². The van der Waals surface area contributed by atoms with Crippen molar-refractivity contribution in [2.24, 2.45) is 0 Å². The molecule has 1 atom stereocenters. The number of hydrogen-bond donors (Lipinski definition) is 2. The number of anilines is 1. The summed E-state index contributed by atoms with van der Waals surface area (Å²) in [5.74, 6) is 0.682. The van der Waals surface area contributed by atoms with E-state index in [9.17, 15) is 4.79 Å². The summed E-state index contributed by atoms with van der Waals surface area (Å²) < 4.78 is 10.8. The molecule has 1 heterocycles. The molecule has 19 heavy (non-hydrogen) atoms. The fourth-order valence-electron chi connectivity index (χ4n) is 2.22. The van der Waals surface area contributed by atoms with E-state index in [1.165, 1.54) is 0 Å². The van der Waals surface area contributed by atoms with Gasteiger partial charge >= 0.3 is 0 Å². The lowest BCUT2D eigenvalue weighted by Gasteiger charge is -2.23. The van der Waals surface area contributed by atoms with E-state index in [4.69, 9.17) is 9.47 Å². The second-order valence-corrected chi connectivity index (χ2v) is 4.64. The Hall–Kier alpha value is -1.59. The van der Waals surface area contributed by atoms with Gasteiger partial charge in [0, 0.05) is 24.3 Å². The Morgan fingerprint density at radius 2 is 2.26 bits per heavy atom. The summed E-state index contributed by atoms with van der Waals surface area (Å²) >= 11 is 0. The van der Waals surface area contributed by atoms with Crippen molar-refractivity contribution in [1.29, 1.82) is 0 Å². The Bertz CT molecular complexity index is 468. The minimum Gasteiger partial charge on any atom is -0.496 e. The van der Waals surface area contributed by atoms with Crippen LogP contribution in [0.25, 0.3) is 0 Å². The lowest BCUT2D eigenvalue weighted by atomic mass is 10.1. The summed E-state index contributed by atoms with van der Waals surface area (Å²) in [4.78, 5) is 12.1. The molecule has 0 spiro atoms. The van der Waals surface area contributed by atoms with E-state index in [1.807, 2.05) is 26.0 Å². The first-order chi connectivity index (χ1) is 9.13. The van der Waals surface area contributed by atoms with Gasteiger partial charge < -0.3 is 20.1 Å². The van der Waals surface area contributed by atoms with Crippen molar-refractivity contribution in [2.75, 3.05) is 32.1 Å². The van der Waals surface area contributed by atoms with Crippen LogP contribution in [-0.2, 0) is 9.53 Å². The molecule has 0 saturated carbocycles. The van der Waals surface area contributed by atoms with E-state index in [2.05, 4.69) is 10.6 Å². The predicted molar refractivity (Wildman–Crippen MR) is 73.7 cm³/mol. The van der Waals surface area contributed by atoms with Crippen molar-refractivity contribution < 1.29 is 14.3 Å². The zero-order valence-corrected chi connectivity index (χ0v) is 11.6. The topological polar surface area (TPSA) is 59.6 Å². The first-order valence-corrected chi connectivity index (χ1v) is 6.41. The number of carbonyl (C=O) groups excluding carboxylic acids is 1. The van der Waals surface area contributed by atoms with Crippen LogP contribution in [0.5, 0.6) is 5.75 Å². The van der Waals surface area contributed by atoms with Gasteiger partial charge in [-0.2, -0.15) is 0 Å². The zero-order valence-electron chi connectivity index (χ0n) is 11.6. The van der Waals surface area contributed by atoms with Gasteiger partial charge in [-0.05, 0) is 25.5 Å². The van der Waals surface area contributed by atoms with E-state index < -0.39 is 6.10 Å². The minimum atomic E-state index is -0.430. The first-order valence-electron chi connectivity index (χ1n) is 6.41. The van der Waals surface area contributed by atoms with Crippen molar-refractivity contribution in [1.82, 2.24) is 5.32 Å². The number of aryl methyl sites for hydroxylation is 1.